The fraction of sp³-hybridized carbons (Fsp3) is 0.421. The van der Waals surface area contributed by atoms with Crippen LogP contribution in [0.1, 0.15) is 31.0 Å². The molecule has 0 atom stereocenters. The number of benzene rings is 1. The van der Waals surface area contributed by atoms with E-state index < -0.39 is 5.97 Å². The Balaban J connectivity index is 2.09. The highest BCUT2D eigenvalue weighted by molar-refractivity contribution is 5.95. The van der Waals surface area contributed by atoms with Gasteiger partial charge in [-0.2, -0.15) is 0 Å². The van der Waals surface area contributed by atoms with Crippen molar-refractivity contribution in [2.24, 2.45) is 0 Å². The van der Waals surface area contributed by atoms with Gasteiger partial charge in [-0.25, -0.2) is 4.39 Å². The quantitative estimate of drug-likeness (QED) is 0.910. The van der Waals surface area contributed by atoms with Crippen LogP contribution in [0.15, 0.2) is 24.3 Å². The van der Waals surface area contributed by atoms with Crippen LogP contribution in [-0.4, -0.2) is 40.2 Å². The standard InChI is InChI=1S/C19H23FN2O2/c1-3-8-21-9-6-14(7-10-21)19-13(2)22(12-18(23)24)17-5-4-15(20)11-16(17)19/h4-6,11H,3,7-10,12H2,1-2H3,(H,23,24). The molecule has 1 aromatic heterocycles. The van der Waals surface area contributed by atoms with Gasteiger partial charge in [0.05, 0.1) is 0 Å². The predicted molar refractivity (Wildman–Crippen MR) is 93.6 cm³/mol. The first-order valence-electron chi connectivity index (χ1n) is 8.43. The first-order valence-corrected chi connectivity index (χ1v) is 8.43. The maximum absolute atomic E-state index is 13.8. The number of nitrogens with zero attached hydrogens (tertiary/aromatic N) is 2. The summed E-state index contributed by atoms with van der Waals surface area (Å²) in [5, 5.41) is 10.0. The number of carbonyl (C=O) groups is 1. The molecular weight excluding hydrogens is 307 g/mol. The van der Waals surface area contributed by atoms with Crippen LogP contribution in [-0.2, 0) is 11.3 Å². The molecule has 0 bridgehead atoms. The largest absolute Gasteiger partial charge is 0.480 e. The van der Waals surface area contributed by atoms with E-state index in [0.717, 1.165) is 54.6 Å². The first-order chi connectivity index (χ1) is 11.5. The van der Waals surface area contributed by atoms with Crippen molar-refractivity contribution in [3.63, 3.8) is 0 Å². The molecule has 24 heavy (non-hydrogen) atoms. The summed E-state index contributed by atoms with van der Waals surface area (Å²) in [5.74, 6) is -1.18. The Hall–Kier alpha value is -2.14. The molecule has 2 heterocycles. The summed E-state index contributed by atoms with van der Waals surface area (Å²) in [6.07, 6.45) is 4.24. The molecule has 1 aromatic carbocycles. The molecule has 0 radical (unpaired) electrons. The van der Waals surface area contributed by atoms with Gasteiger partial charge in [0.15, 0.2) is 0 Å². The second-order valence-electron chi connectivity index (χ2n) is 6.38. The summed E-state index contributed by atoms with van der Waals surface area (Å²) in [6, 6.07) is 4.59. The molecule has 3 rings (SSSR count). The second kappa shape index (κ2) is 6.77. The van der Waals surface area contributed by atoms with Crippen LogP contribution in [0, 0.1) is 12.7 Å². The lowest BCUT2D eigenvalue weighted by molar-refractivity contribution is -0.137. The third kappa shape index (κ3) is 3.08. The lowest BCUT2D eigenvalue weighted by Crippen LogP contribution is -2.29. The Labute approximate surface area is 141 Å². The van der Waals surface area contributed by atoms with Crippen molar-refractivity contribution < 1.29 is 14.3 Å². The Morgan fingerprint density at radius 2 is 2.17 bits per heavy atom. The van der Waals surface area contributed by atoms with Gasteiger partial charge in [0, 0.05) is 35.2 Å². The van der Waals surface area contributed by atoms with Gasteiger partial charge in [0.2, 0.25) is 0 Å². The normalized spacial score (nSPS) is 15.7. The number of fused-ring (bicyclic) bond motifs is 1. The molecule has 0 aliphatic carbocycles. The highest BCUT2D eigenvalue weighted by atomic mass is 19.1. The molecule has 1 aliphatic rings. The van der Waals surface area contributed by atoms with Crippen molar-refractivity contribution in [2.75, 3.05) is 19.6 Å². The number of hydrogen-bond acceptors (Lipinski definition) is 2. The van der Waals surface area contributed by atoms with Gasteiger partial charge in [-0.15, -0.1) is 0 Å². The number of rotatable bonds is 5. The molecule has 0 spiro atoms. The van der Waals surface area contributed by atoms with E-state index in [-0.39, 0.29) is 12.4 Å². The van der Waals surface area contributed by atoms with Crippen LogP contribution in [0.2, 0.25) is 0 Å². The van der Waals surface area contributed by atoms with E-state index in [1.807, 2.05) is 6.92 Å². The van der Waals surface area contributed by atoms with Gasteiger partial charge >= 0.3 is 5.97 Å². The number of carboxylic acids is 1. The lowest BCUT2D eigenvalue weighted by atomic mass is 9.96. The number of aromatic nitrogens is 1. The maximum atomic E-state index is 13.8. The molecule has 128 valence electrons. The van der Waals surface area contributed by atoms with E-state index >= 15 is 0 Å². The van der Waals surface area contributed by atoms with Gasteiger partial charge in [-0.1, -0.05) is 13.0 Å². The number of hydrogen-bond donors (Lipinski definition) is 1. The van der Waals surface area contributed by atoms with Crippen molar-refractivity contribution >= 4 is 22.4 Å². The molecule has 0 amide bonds. The molecule has 0 unspecified atom stereocenters. The number of aliphatic carboxylic acids is 1. The molecule has 4 nitrogen and oxygen atoms in total. The number of carboxylic acid groups (broad SMARTS) is 1. The minimum atomic E-state index is -0.891. The minimum Gasteiger partial charge on any atom is -0.480 e. The molecule has 5 heteroatoms. The van der Waals surface area contributed by atoms with Crippen LogP contribution in [0.5, 0.6) is 0 Å². The van der Waals surface area contributed by atoms with Gasteiger partial charge in [-0.3, -0.25) is 9.69 Å². The number of halogens is 1. The van der Waals surface area contributed by atoms with Crippen molar-refractivity contribution in [3.05, 3.63) is 41.3 Å². The van der Waals surface area contributed by atoms with Crippen LogP contribution < -0.4 is 0 Å². The Morgan fingerprint density at radius 1 is 1.38 bits per heavy atom. The van der Waals surface area contributed by atoms with Gasteiger partial charge < -0.3 is 9.67 Å². The fourth-order valence-electron chi connectivity index (χ4n) is 3.66. The lowest BCUT2D eigenvalue weighted by Gasteiger charge is -2.26. The Bertz CT molecular complexity index is 807. The minimum absolute atomic E-state index is 0.108. The van der Waals surface area contributed by atoms with E-state index in [0.29, 0.717) is 0 Å². The van der Waals surface area contributed by atoms with E-state index in [1.54, 1.807) is 10.6 Å². The zero-order valence-corrected chi connectivity index (χ0v) is 14.2. The zero-order chi connectivity index (χ0) is 17.3. The Morgan fingerprint density at radius 3 is 2.79 bits per heavy atom. The molecule has 0 saturated heterocycles. The average Bonchev–Trinajstić information content (AvgIpc) is 2.80. The molecular formula is C19H23FN2O2. The van der Waals surface area contributed by atoms with Crippen molar-refractivity contribution in [3.8, 4) is 0 Å². The van der Waals surface area contributed by atoms with E-state index in [9.17, 15) is 14.3 Å². The fourth-order valence-corrected chi connectivity index (χ4v) is 3.66. The zero-order valence-electron chi connectivity index (χ0n) is 14.2. The molecule has 0 saturated carbocycles. The topological polar surface area (TPSA) is 45.5 Å². The maximum Gasteiger partial charge on any atom is 0.323 e. The summed E-state index contributed by atoms with van der Waals surface area (Å²) in [6.45, 7) is 6.95. The highest BCUT2D eigenvalue weighted by Gasteiger charge is 2.21. The summed E-state index contributed by atoms with van der Waals surface area (Å²) in [5.41, 5.74) is 3.87. The third-order valence-corrected chi connectivity index (χ3v) is 4.73. The van der Waals surface area contributed by atoms with Gasteiger partial charge in [0.25, 0.3) is 0 Å². The highest BCUT2D eigenvalue weighted by Crippen LogP contribution is 2.35. The molecule has 0 fully saturated rings. The summed E-state index contributed by atoms with van der Waals surface area (Å²) < 4.78 is 15.6. The summed E-state index contributed by atoms with van der Waals surface area (Å²) >= 11 is 0. The third-order valence-electron chi connectivity index (χ3n) is 4.73. The summed E-state index contributed by atoms with van der Waals surface area (Å²) in [7, 11) is 0. The van der Waals surface area contributed by atoms with Crippen molar-refractivity contribution in [1.82, 2.24) is 9.47 Å². The van der Waals surface area contributed by atoms with Crippen molar-refractivity contribution in [2.45, 2.75) is 33.2 Å². The van der Waals surface area contributed by atoms with Crippen LogP contribution >= 0.6 is 0 Å². The van der Waals surface area contributed by atoms with Crippen molar-refractivity contribution in [1.29, 1.82) is 0 Å². The van der Waals surface area contributed by atoms with Gasteiger partial charge in [-0.05, 0) is 50.1 Å². The molecule has 2 aromatic rings. The average molecular weight is 330 g/mol. The van der Waals surface area contributed by atoms with E-state index in [4.69, 9.17) is 0 Å². The summed E-state index contributed by atoms with van der Waals surface area (Å²) in [4.78, 5) is 13.6. The second-order valence-corrected chi connectivity index (χ2v) is 6.38. The van der Waals surface area contributed by atoms with E-state index in [2.05, 4.69) is 17.9 Å². The monoisotopic (exact) mass is 330 g/mol. The molecule has 1 aliphatic heterocycles. The molecule has 1 N–H and O–H groups in total. The Kier molecular flexibility index (Phi) is 4.71. The predicted octanol–water partition coefficient (Wildman–Crippen LogP) is 3.67. The van der Waals surface area contributed by atoms with Crippen LogP contribution in [0.4, 0.5) is 4.39 Å². The van der Waals surface area contributed by atoms with Crippen LogP contribution in [0.3, 0.4) is 0 Å². The van der Waals surface area contributed by atoms with E-state index in [1.165, 1.54) is 17.7 Å². The smallest absolute Gasteiger partial charge is 0.323 e. The van der Waals surface area contributed by atoms with Gasteiger partial charge in [0.1, 0.15) is 12.4 Å². The first kappa shape index (κ1) is 16.7. The SMILES string of the molecule is CCCN1CC=C(c2c(C)n(CC(=O)O)c3ccc(F)cc23)CC1. The van der Waals surface area contributed by atoms with Crippen LogP contribution in [0.25, 0.3) is 16.5 Å².